The van der Waals surface area contributed by atoms with Gasteiger partial charge in [0, 0.05) is 13.2 Å². The van der Waals surface area contributed by atoms with Gasteiger partial charge in [-0.15, -0.1) is 0 Å². The maximum absolute atomic E-state index is 11.5. The lowest BCUT2D eigenvalue weighted by molar-refractivity contribution is 0.0957. The van der Waals surface area contributed by atoms with E-state index in [1.54, 1.807) is 18.5 Å². The second kappa shape index (κ2) is 4.32. The van der Waals surface area contributed by atoms with Crippen LogP contribution in [0.5, 0.6) is 0 Å². The third kappa shape index (κ3) is 1.91. The van der Waals surface area contributed by atoms with Gasteiger partial charge in [0.1, 0.15) is 0 Å². The molecule has 9 heteroatoms. The van der Waals surface area contributed by atoms with Crippen molar-refractivity contribution in [2.75, 3.05) is 7.05 Å². The number of carbonyl (C=O) groups excluding carboxylic acids is 1. The van der Waals surface area contributed by atoms with Gasteiger partial charge in [0.05, 0.1) is 11.6 Å². The van der Waals surface area contributed by atoms with E-state index in [2.05, 4.69) is 30.6 Å². The molecule has 0 unspecified atom stereocenters. The predicted octanol–water partition coefficient (Wildman–Crippen LogP) is 0.552. The summed E-state index contributed by atoms with van der Waals surface area (Å²) in [7, 11) is 1.54. The van der Waals surface area contributed by atoms with Crippen molar-refractivity contribution in [1.29, 1.82) is 0 Å². The van der Waals surface area contributed by atoms with E-state index < -0.39 is 0 Å². The SMILES string of the molecule is CNC(=O)c1ccn(-c2nc(Cl)nc3[nH]ncc23)n1. The molecule has 0 aliphatic heterocycles. The molecule has 0 saturated heterocycles. The highest BCUT2D eigenvalue weighted by Crippen LogP contribution is 2.18. The number of nitrogens with zero attached hydrogens (tertiary/aromatic N) is 5. The van der Waals surface area contributed by atoms with Crippen molar-refractivity contribution >= 4 is 28.5 Å². The summed E-state index contributed by atoms with van der Waals surface area (Å²) < 4.78 is 1.45. The molecule has 8 nitrogen and oxygen atoms in total. The molecule has 0 fully saturated rings. The Morgan fingerprint density at radius 3 is 3.11 bits per heavy atom. The number of amides is 1. The van der Waals surface area contributed by atoms with Gasteiger partial charge in [0.25, 0.3) is 5.91 Å². The van der Waals surface area contributed by atoms with Crippen LogP contribution in [0.2, 0.25) is 5.28 Å². The van der Waals surface area contributed by atoms with Crippen LogP contribution in [0.25, 0.3) is 16.9 Å². The average Bonchev–Trinajstić information content (AvgIpc) is 3.05. The highest BCUT2D eigenvalue weighted by atomic mass is 35.5. The van der Waals surface area contributed by atoms with Crippen molar-refractivity contribution < 1.29 is 4.79 Å². The van der Waals surface area contributed by atoms with E-state index >= 15 is 0 Å². The fraction of sp³-hybridized carbons (Fsp3) is 0.100. The number of aromatic nitrogens is 6. The van der Waals surface area contributed by atoms with Gasteiger partial charge in [-0.25, -0.2) is 4.68 Å². The Hall–Kier alpha value is -2.48. The maximum Gasteiger partial charge on any atom is 0.271 e. The molecule has 3 heterocycles. The molecular formula is C10H8ClN7O. The first-order valence-corrected chi connectivity index (χ1v) is 5.71. The van der Waals surface area contributed by atoms with E-state index in [1.165, 1.54) is 11.7 Å². The number of fused-ring (bicyclic) bond motifs is 1. The highest BCUT2D eigenvalue weighted by Gasteiger charge is 2.13. The minimum absolute atomic E-state index is 0.0729. The zero-order valence-electron chi connectivity index (χ0n) is 9.75. The summed E-state index contributed by atoms with van der Waals surface area (Å²) in [6.45, 7) is 0. The number of aromatic amines is 1. The largest absolute Gasteiger partial charge is 0.354 e. The third-order valence-electron chi connectivity index (χ3n) is 2.53. The number of halogens is 1. The molecule has 0 atom stereocenters. The standard InChI is InChI=1S/C10H8ClN7O/c1-12-9(19)6-2-3-18(17-6)8-5-4-13-16-7(5)14-10(11)15-8/h2-4H,1H3,(H,12,19)(H,13,14,15,16). The van der Waals surface area contributed by atoms with Crippen molar-refractivity contribution in [1.82, 2.24) is 35.3 Å². The Bertz CT molecular complexity index is 762. The molecule has 3 rings (SSSR count). The van der Waals surface area contributed by atoms with Crippen molar-refractivity contribution in [3.05, 3.63) is 29.4 Å². The number of carbonyl (C=O) groups is 1. The van der Waals surface area contributed by atoms with Gasteiger partial charge in [-0.05, 0) is 17.7 Å². The van der Waals surface area contributed by atoms with Crippen LogP contribution in [0.4, 0.5) is 0 Å². The monoisotopic (exact) mass is 277 g/mol. The second-order valence-corrected chi connectivity index (χ2v) is 4.01. The number of rotatable bonds is 2. The summed E-state index contributed by atoms with van der Waals surface area (Å²) in [4.78, 5) is 19.6. The van der Waals surface area contributed by atoms with Gasteiger partial charge in [-0.2, -0.15) is 20.2 Å². The smallest absolute Gasteiger partial charge is 0.271 e. The molecular weight excluding hydrogens is 270 g/mol. The molecule has 0 saturated carbocycles. The van der Waals surface area contributed by atoms with Crippen molar-refractivity contribution in [2.24, 2.45) is 0 Å². The van der Waals surface area contributed by atoms with Gasteiger partial charge >= 0.3 is 0 Å². The van der Waals surface area contributed by atoms with Gasteiger partial charge < -0.3 is 5.32 Å². The molecule has 0 aliphatic rings. The lowest BCUT2D eigenvalue weighted by atomic mass is 10.4. The van der Waals surface area contributed by atoms with Crippen LogP contribution in [-0.2, 0) is 0 Å². The van der Waals surface area contributed by atoms with E-state index in [0.717, 1.165) is 0 Å². The number of nitrogens with one attached hydrogen (secondary N) is 2. The maximum atomic E-state index is 11.5. The van der Waals surface area contributed by atoms with Gasteiger partial charge in [-0.3, -0.25) is 9.89 Å². The van der Waals surface area contributed by atoms with Crippen LogP contribution in [0.1, 0.15) is 10.5 Å². The minimum atomic E-state index is -0.276. The van der Waals surface area contributed by atoms with Gasteiger partial charge in [0.15, 0.2) is 17.2 Å². The minimum Gasteiger partial charge on any atom is -0.354 e. The Balaban J connectivity index is 2.16. The lowest BCUT2D eigenvalue weighted by Crippen LogP contribution is -2.18. The summed E-state index contributed by atoms with van der Waals surface area (Å²) >= 11 is 5.84. The van der Waals surface area contributed by atoms with Crippen LogP contribution in [-0.4, -0.2) is 42.9 Å². The zero-order valence-corrected chi connectivity index (χ0v) is 10.5. The summed E-state index contributed by atoms with van der Waals surface area (Å²) in [5, 5.41) is 14.0. The van der Waals surface area contributed by atoms with Gasteiger partial charge in [0.2, 0.25) is 5.28 Å². The average molecular weight is 278 g/mol. The van der Waals surface area contributed by atoms with Gasteiger partial charge in [-0.1, -0.05) is 0 Å². The lowest BCUT2D eigenvalue weighted by Gasteiger charge is -2.01. The van der Waals surface area contributed by atoms with Crippen LogP contribution in [0.3, 0.4) is 0 Å². The first-order valence-electron chi connectivity index (χ1n) is 5.34. The zero-order chi connectivity index (χ0) is 13.4. The number of hydrogen-bond acceptors (Lipinski definition) is 5. The van der Waals surface area contributed by atoms with Crippen molar-refractivity contribution in [3.63, 3.8) is 0 Å². The molecule has 3 aromatic heterocycles. The molecule has 0 bridgehead atoms. The van der Waals surface area contributed by atoms with Crippen LogP contribution < -0.4 is 5.32 Å². The normalized spacial score (nSPS) is 10.8. The molecule has 0 radical (unpaired) electrons. The molecule has 1 amide bonds. The van der Waals surface area contributed by atoms with E-state index in [-0.39, 0.29) is 16.9 Å². The third-order valence-corrected chi connectivity index (χ3v) is 2.70. The van der Waals surface area contributed by atoms with Crippen LogP contribution >= 0.6 is 11.6 Å². The summed E-state index contributed by atoms with van der Waals surface area (Å²) in [6, 6.07) is 1.58. The molecule has 2 N–H and O–H groups in total. The number of hydrogen-bond donors (Lipinski definition) is 2. The van der Waals surface area contributed by atoms with Crippen LogP contribution in [0.15, 0.2) is 18.5 Å². The topological polar surface area (TPSA) is 101 Å². The Morgan fingerprint density at radius 1 is 1.47 bits per heavy atom. The Morgan fingerprint density at radius 2 is 2.32 bits per heavy atom. The molecule has 19 heavy (non-hydrogen) atoms. The molecule has 0 spiro atoms. The Kier molecular flexibility index (Phi) is 2.64. The molecule has 0 aliphatic carbocycles. The van der Waals surface area contributed by atoms with Crippen molar-refractivity contribution in [2.45, 2.75) is 0 Å². The predicted molar refractivity (Wildman–Crippen MR) is 67.2 cm³/mol. The fourth-order valence-corrected chi connectivity index (χ4v) is 1.82. The first-order chi connectivity index (χ1) is 9.19. The summed E-state index contributed by atoms with van der Waals surface area (Å²) in [5.41, 5.74) is 0.792. The quantitative estimate of drug-likeness (QED) is 0.666. The van der Waals surface area contributed by atoms with E-state index in [9.17, 15) is 4.79 Å². The Labute approximate surface area is 111 Å². The molecule has 3 aromatic rings. The number of H-pyrrole nitrogens is 1. The van der Waals surface area contributed by atoms with E-state index in [0.29, 0.717) is 16.9 Å². The van der Waals surface area contributed by atoms with E-state index in [4.69, 9.17) is 11.6 Å². The summed E-state index contributed by atoms with van der Waals surface area (Å²) in [5.74, 6) is 0.182. The molecule has 96 valence electrons. The fourth-order valence-electron chi connectivity index (χ4n) is 1.66. The molecule has 0 aromatic carbocycles. The van der Waals surface area contributed by atoms with Crippen LogP contribution in [0, 0.1) is 0 Å². The summed E-state index contributed by atoms with van der Waals surface area (Å²) in [6.07, 6.45) is 3.19. The van der Waals surface area contributed by atoms with Crippen molar-refractivity contribution in [3.8, 4) is 5.82 Å². The highest BCUT2D eigenvalue weighted by molar-refractivity contribution is 6.28. The van der Waals surface area contributed by atoms with E-state index in [1.807, 2.05) is 0 Å². The first kappa shape index (κ1) is 11.6. The second-order valence-electron chi connectivity index (χ2n) is 3.67.